The molecule has 6 heteroatoms. The number of ether oxygens (including phenoxy) is 2. The van der Waals surface area contributed by atoms with Crippen molar-refractivity contribution in [2.75, 3.05) is 32.6 Å². The summed E-state index contributed by atoms with van der Waals surface area (Å²) in [6.07, 6.45) is 1.50. The first-order valence-corrected chi connectivity index (χ1v) is 11.2. The molecule has 0 atom stereocenters. The maximum Gasteiger partial charge on any atom is 0.227 e. The van der Waals surface area contributed by atoms with E-state index in [1.165, 1.54) is 13.2 Å². The van der Waals surface area contributed by atoms with E-state index in [2.05, 4.69) is 10.2 Å². The van der Waals surface area contributed by atoms with Crippen LogP contribution in [0.4, 0.5) is 10.1 Å². The van der Waals surface area contributed by atoms with Gasteiger partial charge in [0.05, 0.1) is 14.2 Å². The Bertz CT molecular complexity index is 1110. The van der Waals surface area contributed by atoms with Gasteiger partial charge in [-0.1, -0.05) is 30.3 Å². The first-order chi connectivity index (χ1) is 16.1. The quantitative estimate of drug-likeness (QED) is 0.529. The Hall–Kier alpha value is -3.38. The van der Waals surface area contributed by atoms with Gasteiger partial charge < -0.3 is 14.8 Å². The number of methoxy groups -OCH3 is 2. The van der Waals surface area contributed by atoms with Gasteiger partial charge in [0.25, 0.3) is 0 Å². The number of anilines is 1. The first-order valence-electron chi connectivity index (χ1n) is 11.2. The number of halogens is 1. The lowest BCUT2D eigenvalue weighted by atomic mass is 9.95. The molecular weight excluding hydrogens is 419 g/mol. The number of nitrogens with one attached hydrogen (secondary N) is 1. The first kappa shape index (κ1) is 22.8. The van der Waals surface area contributed by atoms with Gasteiger partial charge in [-0.25, -0.2) is 4.39 Å². The van der Waals surface area contributed by atoms with Crippen LogP contribution in [0, 0.1) is 11.7 Å². The summed E-state index contributed by atoms with van der Waals surface area (Å²) in [7, 11) is 3.17. The SMILES string of the molecule is COc1cccc(-c2cccc(NC(=O)C3CCN(Cc4ccc(OC)cc4F)CC3)c2)c1. The molecule has 1 fully saturated rings. The van der Waals surface area contributed by atoms with Gasteiger partial charge in [-0.15, -0.1) is 0 Å². The van der Waals surface area contributed by atoms with Crippen LogP contribution >= 0.6 is 0 Å². The smallest absolute Gasteiger partial charge is 0.227 e. The zero-order chi connectivity index (χ0) is 23.2. The van der Waals surface area contributed by atoms with Crippen molar-refractivity contribution in [1.29, 1.82) is 0 Å². The molecule has 0 unspecified atom stereocenters. The lowest BCUT2D eigenvalue weighted by molar-refractivity contribution is -0.121. The van der Waals surface area contributed by atoms with Gasteiger partial charge in [-0.3, -0.25) is 9.69 Å². The second kappa shape index (κ2) is 10.5. The molecule has 0 aromatic heterocycles. The highest BCUT2D eigenvalue weighted by Crippen LogP contribution is 2.27. The number of piperidine rings is 1. The molecule has 4 rings (SSSR count). The summed E-state index contributed by atoms with van der Waals surface area (Å²) in [6, 6.07) is 20.6. The van der Waals surface area contributed by atoms with Gasteiger partial charge in [0.2, 0.25) is 5.91 Å². The summed E-state index contributed by atoms with van der Waals surface area (Å²) < 4.78 is 24.6. The van der Waals surface area contributed by atoms with Crippen molar-refractivity contribution < 1.29 is 18.7 Å². The molecule has 1 saturated heterocycles. The van der Waals surface area contributed by atoms with Gasteiger partial charge in [-0.2, -0.15) is 0 Å². The summed E-state index contributed by atoms with van der Waals surface area (Å²) in [5.41, 5.74) is 3.48. The third kappa shape index (κ3) is 5.71. The molecule has 0 saturated carbocycles. The predicted octanol–water partition coefficient (Wildman–Crippen LogP) is 5.36. The molecule has 5 nitrogen and oxygen atoms in total. The fraction of sp³-hybridized carbons (Fsp3) is 0.296. The van der Waals surface area contributed by atoms with Crippen LogP contribution in [-0.2, 0) is 11.3 Å². The van der Waals surface area contributed by atoms with Gasteiger partial charge in [0, 0.05) is 29.8 Å². The van der Waals surface area contributed by atoms with Crippen LogP contribution in [0.5, 0.6) is 11.5 Å². The van der Waals surface area contributed by atoms with E-state index in [-0.39, 0.29) is 17.6 Å². The summed E-state index contributed by atoms with van der Waals surface area (Å²) in [4.78, 5) is 15.1. The van der Waals surface area contributed by atoms with Crippen molar-refractivity contribution in [2.24, 2.45) is 5.92 Å². The topological polar surface area (TPSA) is 50.8 Å². The Balaban J connectivity index is 1.33. The van der Waals surface area contributed by atoms with Crippen molar-refractivity contribution in [3.05, 3.63) is 78.1 Å². The summed E-state index contributed by atoms with van der Waals surface area (Å²) in [5, 5.41) is 3.07. The van der Waals surface area contributed by atoms with Gasteiger partial charge in [0.15, 0.2) is 0 Å². The van der Waals surface area contributed by atoms with Gasteiger partial charge >= 0.3 is 0 Å². The molecule has 1 aliphatic heterocycles. The number of hydrogen-bond donors (Lipinski definition) is 1. The van der Waals surface area contributed by atoms with Crippen molar-refractivity contribution in [3.8, 4) is 22.6 Å². The van der Waals surface area contributed by atoms with Crippen LogP contribution < -0.4 is 14.8 Å². The Kier molecular flexibility index (Phi) is 7.25. The molecule has 0 bridgehead atoms. The fourth-order valence-corrected chi connectivity index (χ4v) is 4.20. The van der Waals surface area contributed by atoms with E-state index < -0.39 is 0 Å². The van der Waals surface area contributed by atoms with Crippen molar-refractivity contribution in [1.82, 2.24) is 4.90 Å². The van der Waals surface area contributed by atoms with E-state index in [1.807, 2.05) is 48.5 Å². The monoisotopic (exact) mass is 448 g/mol. The minimum absolute atomic E-state index is 0.0353. The summed E-state index contributed by atoms with van der Waals surface area (Å²) in [6.45, 7) is 2.05. The van der Waals surface area contributed by atoms with Gasteiger partial charge in [-0.05, 0) is 67.4 Å². The Labute approximate surface area is 194 Å². The van der Waals surface area contributed by atoms with Crippen LogP contribution in [0.3, 0.4) is 0 Å². The van der Waals surface area contributed by atoms with E-state index >= 15 is 0 Å². The fourth-order valence-electron chi connectivity index (χ4n) is 4.20. The van der Waals surface area contributed by atoms with E-state index in [4.69, 9.17) is 9.47 Å². The highest BCUT2D eigenvalue weighted by Gasteiger charge is 2.25. The molecule has 172 valence electrons. The molecule has 3 aromatic carbocycles. The third-order valence-corrected chi connectivity index (χ3v) is 6.15. The molecule has 1 aliphatic rings. The minimum Gasteiger partial charge on any atom is -0.497 e. The Morgan fingerprint density at radius 2 is 1.61 bits per heavy atom. The van der Waals surface area contributed by atoms with E-state index in [0.717, 1.165) is 48.5 Å². The number of carbonyl (C=O) groups excluding carboxylic acids is 1. The second-order valence-electron chi connectivity index (χ2n) is 8.31. The van der Waals surface area contributed by atoms with Gasteiger partial charge in [0.1, 0.15) is 17.3 Å². The standard InChI is InChI=1S/C27H29FN2O3/c1-32-24-8-4-6-21(16-24)20-5-3-7-23(15-20)29-27(31)19-11-13-30(14-12-19)18-22-9-10-25(33-2)17-26(22)28/h3-10,15-17,19H,11-14,18H2,1-2H3,(H,29,31). The third-order valence-electron chi connectivity index (χ3n) is 6.15. The van der Waals surface area contributed by atoms with Crippen molar-refractivity contribution in [3.63, 3.8) is 0 Å². The number of likely N-dealkylation sites (tertiary alicyclic amines) is 1. The van der Waals surface area contributed by atoms with E-state index in [9.17, 15) is 9.18 Å². The molecule has 1 amide bonds. The maximum atomic E-state index is 14.3. The zero-order valence-electron chi connectivity index (χ0n) is 19.0. The molecule has 1 N–H and O–H groups in total. The normalized spacial score (nSPS) is 14.6. The number of benzene rings is 3. The Morgan fingerprint density at radius 3 is 2.30 bits per heavy atom. The lowest BCUT2D eigenvalue weighted by Gasteiger charge is -2.31. The van der Waals surface area contributed by atoms with Crippen LogP contribution in [0.15, 0.2) is 66.7 Å². The average molecular weight is 449 g/mol. The molecule has 33 heavy (non-hydrogen) atoms. The van der Waals surface area contributed by atoms with Crippen molar-refractivity contribution in [2.45, 2.75) is 19.4 Å². The number of nitrogens with zero attached hydrogens (tertiary/aromatic N) is 1. The molecule has 0 radical (unpaired) electrons. The largest absolute Gasteiger partial charge is 0.497 e. The number of hydrogen-bond acceptors (Lipinski definition) is 4. The van der Waals surface area contributed by atoms with Crippen LogP contribution in [0.2, 0.25) is 0 Å². The number of carbonyl (C=O) groups is 1. The van der Waals surface area contributed by atoms with E-state index in [1.54, 1.807) is 19.2 Å². The number of rotatable bonds is 7. The predicted molar refractivity (Wildman–Crippen MR) is 128 cm³/mol. The lowest BCUT2D eigenvalue weighted by Crippen LogP contribution is -2.37. The minimum atomic E-state index is -0.259. The van der Waals surface area contributed by atoms with Crippen LogP contribution in [-0.4, -0.2) is 38.1 Å². The zero-order valence-corrected chi connectivity index (χ0v) is 19.0. The second-order valence-corrected chi connectivity index (χ2v) is 8.31. The molecule has 0 spiro atoms. The average Bonchev–Trinajstić information content (AvgIpc) is 2.86. The molecular formula is C27H29FN2O3. The highest BCUT2D eigenvalue weighted by atomic mass is 19.1. The maximum absolute atomic E-state index is 14.3. The molecule has 0 aliphatic carbocycles. The van der Waals surface area contributed by atoms with Crippen molar-refractivity contribution >= 4 is 11.6 Å². The highest BCUT2D eigenvalue weighted by molar-refractivity contribution is 5.93. The van der Waals surface area contributed by atoms with E-state index in [0.29, 0.717) is 17.9 Å². The molecule has 3 aromatic rings. The summed E-state index contributed by atoms with van der Waals surface area (Å²) in [5.74, 6) is 1.03. The molecule has 1 heterocycles. The van der Waals surface area contributed by atoms with Crippen LogP contribution in [0.25, 0.3) is 11.1 Å². The Morgan fingerprint density at radius 1 is 0.939 bits per heavy atom. The number of amides is 1. The summed E-state index contributed by atoms with van der Waals surface area (Å²) >= 11 is 0. The van der Waals surface area contributed by atoms with Crippen LogP contribution in [0.1, 0.15) is 18.4 Å².